The molecular formula is C61H92N8O11. The van der Waals surface area contributed by atoms with Crippen molar-refractivity contribution in [2.75, 3.05) is 34.7 Å². The molecule has 19 nitrogen and oxygen atoms in total. The molecule has 80 heavy (non-hydrogen) atoms. The lowest BCUT2D eigenvalue weighted by Gasteiger charge is -2.38. The number of hydrogen-bond donors (Lipinski definition) is 4. The Balaban J connectivity index is 1.69. The fraction of sp³-hybridized carbons (Fsp3) is 0.656. The smallest absolute Gasteiger partial charge is 0.332 e. The van der Waals surface area contributed by atoms with Gasteiger partial charge in [0, 0.05) is 53.5 Å². The minimum Gasteiger partial charge on any atom is -0.450 e. The minimum absolute atomic E-state index is 0.00475. The first-order chi connectivity index (χ1) is 37.8. The molecule has 0 unspecified atom stereocenters. The number of hydrogen-bond acceptors (Lipinski definition) is 11. The molecule has 0 aromatic heterocycles. The van der Waals surface area contributed by atoms with Crippen molar-refractivity contribution in [2.45, 2.75) is 193 Å². The number of carbonyl (C=O) groups excluding carboxylic acids is 9. The van der Waals surface area contributed by atoms with Gasteiger partial charge in [-0.15, -0.1) is 0 Å². The lowest BCUT2D eigenvalue weighted by Crippen LogP contribution is -2.62. The summed E-state index contributed by atoms with van der Waals surface area (Å²) < 4.78 is 6.21. The van der Waals surface area contributed by atoms with Crippen molar-refractivity contribution in [3.05, 3.63) is 71.8 Å². The van der Waals surface area contributed by atoms with Crippen LogP contribution in [0.5, 0.6) is 0 Å². The number of ether oxygens (including phenoxy) is 1. The largest absolute Gasteiger partial charge is 0.450 e. The SMILES string of the molecule is CC[C@@H](C)[C@@H]1NC(=O)[C@@H]2CCCN2C(=O)[C@H](Cc2ccccc2)N(C)C(=O)[C@H](Cc2ccccc2)NC(=O)[C@H](C(C)C)N(C)C(=O)[C@H](C2CCCCC2)OC(=O)[C@H]([C@@H](C)O)N(C)C(=O)[C@H](CC(C)C)NC(=O)[C@H](C(C)C)N(C)C1=O. The van der Waals surface area contributed by atoms with Crippen LogP contribution in [0.4, 0.5) is 0 Å². The maximum atomic E-state index is 15.3. The lowest BCUT2D eigenvalue weighted by molar-refractivity contribution is -0.174. The van der Waals surface area contributed by atoms with E-state index in [2.05, 4.69) is 16.0 Å². The monoisotopic (exact) mass is 1110 g/mol. The fourth-order valence-electron chi connectivity index (χ4n) is 11.9. The molecule has 2 saturated heterocycles. The summed E-state index contributed by atoms with van der Waals surface area (Å²) in [5, 5.41) is 20.2. The summed E-state index contributed by atoms with van der Waals surface area (Å²) >= 11 is 0. The Hall–Kier alpha value is -6.37. The van der Waals surface area contributed by atoms with Crippen molar-refractivity contribution in [2.24, 2.45) is 29.6 Å². The molecule has 19 heteroatoms. The van der Waals surface area contributed by atoms with Crippen LogP contribution in [-0.4, -0.2) is 178 Å². The summed E-state index contributed by atoms with van der Waals surface area (Å²) in [6.07, 6.45) is 1.80. The Morgan fingerprint density at radius 2 is 1.05 bits per heavy atom. The van der Waals surface area contributed by atoms with E-state index in [0.29, 0.717) is 31.2 Å². The van der Waals surface area contributed by atoms with Crippen LogP contribution in [0.2, 0.25) is 0 Å². The number of fused-ring (bicyclic) bond motifs is 1. The topological polar surface area (TPSA) is 235 Å². The highest BCUT2D eigenvalue weighted by Gasteiger charge is 2.47. The highest BCUT2D eigenvalue weighted by molar-refractivity contribution is 5.99. The predicted octanol–water partition coefficient (Wildman–Crippen LogP) is 4.52. The molecule has 2 heterocycles. The zero-order valence-corrected chi connectivity index (χ0v) is 49.7. The Bertz CT molecular complexity index is 2450. The Morgan fingerprint density at radius 1 is 0.550 bits per heavy atom. The first-order valence-corrected chi connectivity index (χ1v) is 29.1. The summed E-state index contributed by atoms with van der Waals surface area (Å²) in [6.45, 7) is 15.9. The number of esters is 1. The van der Waals surface area contributed by atoms with Crippen LogP contribution >= 0.6 is 0 Å². The van der Waals surface area contributed by atoms with Crippen molar-refractivity contribution in [3.63, 3.8) is 0 Å². The number of nitrogens with zero attached hydrogens (tertiary/aromatic N) is 5. The van der Waals surface area contributed by atoms with Crippen molar-refractivity contribution < 1.29 is 53.0 Å². The lowest BCUT2D eigenvalue weighted by atomic mass is 9.84. The summed E-state index contributed by atoms with van der Waals surface area (Å²) in [7, 11) is 5.75. The van der Waals surface area contributed by atoms with E-state index >= 15 is 19.2 Å². The molecule has 0 spiro atoms. The molecular weight excluding hydrogens is 1020 g/mol. The van der Waals surface area contributed by atoms with Crippen molar-refractivity contribution in [3.8, 4) is 0 Å². The highest BCUT2D eigenvalue weighted by atomic mass is 16.6. The number of cyclic esters (lactones) is 1. The van der Waals surface area contributed by atoms with Gasteiger partial charge in [0.15, 0.2) is 12.1 Å². The number of amides is 8. The second-order valence-corrected chi connectivity index (χ2v) is 23.8. The number of likely N-dealkylation sites (N-methyl/N-ethyl adjacent to an activating group) is 4. The predicted molar refractivity (Wildman–Crippen MR) is 304 cm³/mol. The minimum atomic E-state index is -1.65. The Kier molecular flexibility index (Phi) is 23.7. The first kappa shape index (κ1) is 64.5. The molecule has 1 aliphatic carbocycles. The average molecular weight is 1110 g/mol. The number of benzene rings is 2. The van der Waals surface area contributed by atoms with Gasteiger partial charge in [-0.05, 0) is 73.8 Å². The molecule has 3 aliphatic rings. The van der Waals surface area contributed by atoms with E-state index in [0.717, 1.165) is 29.7 Å². The van der Waals surface area contributed by atoms with Gasteiger partial charge in [0.2, 0.25) is 41.4 Å². The van der Waals surface area contributed by atoms with Crippen LogP contribution in [0.3, 0.4) is 0 Å². The second kappa shape index (κ2) is 29.4. The zero-order chi connectivity index (χ0) is 59.3. The van der Waals surface area contributed by atoms with Gasteiger partial charge in [0.1, 0.15) is 42.3 Å². The molecule has 5 rings (SSSR count). The zero-order valence-electron chi connectivity index (χ0n) is 49.7. The van der Waals surface area contributed by atoms with Crippen LogP contribution in [0.1, 0.15) is 131 Å². The van der Waals surface area contributed by atoms with Gasteiger partial charge < -0.3 is 50.3 Å². The van der Waals surface area contributed by atoms with Crippen LogP contribution in [0.25, 0.3) is 0 Å². The normalized spacial score (nSPS) is 27.5. The average Bonchev–Trinajstić information content (AvgIpc) is 3.99. The third-order valence-electron chi connectivity index (χ3n) is 16.6. The number of rotatable bonds is 12. The molecule has 0 radical (unpaired) electrons. The van der Waals surface area contributed by atoms with Crippen molar-refractivity contribution in [1.29, 1.82) is 0 Å². The third kappa shape index (κ3) is 16.0. The van der Waals surface area contributed by atoms with Crippen LogP contribution in [0.15, 0.2) is 60.7 Å². The summed E-state index contributed by atoms with van der Waals surface area (Å²) in [5.41, 5.74) is 1.44. The molecule has 442 valence electrons. The molecule has 2 aromatic carbocycles. The van der Waals surface area contributed by atoms with E-state index < -0.39 is 137 Å². The van der Waals surface area contributed by atoms with Gasteiger partial charge in [0.05, 0.1) is 6.10 Å². The molecule has 2 aliphatic heterocycles. The standard InChI is InChI=1S/C61H92N8O11/c1-14-39(8)48-59(77)66(11)49(37(4)5)54(72)62-44(33-36(2)3)57(75)68(13)51(40(9)70)61(79)80-52(43-29-22-17-23-30-43)60(78)67(12)50(38(6)7)55(73)63-45(34-41-25-18-15-19-26-41)56(74)65(10)47(35-42-27-20-16-21-28-42)58(76)69-32-24-31-46(69)53(71)64-48/h15-16,18-21,25-28,36-40,43-52,70H,14,17,22-24,29-35H2,1-13H3,(H,62,72)(H,63,73)(H,64,71)/t39-,40-,44+,45+,46+,47+,48+,49+,50+,51+,52+/m1/s1. The molecule has 11 atom stereocenters. The second-order valence-electron chi connectivity index (χ2n) is 23.8. The van der Waals surface area contributed by atoms with E-state index in [4.69, 9.17) is 4.74 Å². The molecule has 0 bridgehead atoms. The van der Waals surface area contributed by atoms with E-state index in [1.165, 1.54) is 54.7 Å². The summed E-state index contributed by atoms with van der Waals surface area (Å²) in [5.74, 6) is -8.22. The van der Waals surface area contributed by atoms with Gasteiger partial charge in [-0.1, -0.05) is 142 Å². The molecule has 3 fully saturated rings. The molecule has 4 N–H and O–H groups in total. The Labute approximate surface area is 474 Å². The van der Waals surface area contributed by atoms with Gasteiger partial charge in [-0.2, -0.15) is 0 Å². The Morgan fingerprint density at radius 3 is 1.56 bits per heavy atom. The van der Waals surface area contributed by atoms with Crippen molar-refractivity contribution >= 4 is 53.2 Å². The van der Waals surface area contributed by atoms with Crippen LogP contribution in [0, 0.1) is 29.6 Å². The number of carbonyl (C=O) groups is 9. The molecule has 8 amide bonds. The van der Waals surface area contributed by atoms with Gasteiger partial charge in [0.25, 0.3) is 5.91 Å². The maximum absolute atomic E-state index is 15.3. The maximum Gasteiger partial charge on any atom is 0.332 e. The van der Waals surface area contributed by atoms with Crippen molar-refractivity contribution in [1.82, 2.24) is 40.4 Å². The fourth-order valence-corrected chi connectivity index (χ4v) is 11.9. The number of nitrogens with one attached hydrogen (secondary N) is 3. The van der Waals surface area contributed by atoms with E-state index in [-0.39, 0.29) is 38.1 Å². The molecule has 2 aromatic rings. The van der Waals surface area contributed by atoms with Gasteiger partial charge in [-0.3, -0.25) is 38.4 Å². The quantitative estimate of drug-likeness (QED) is 0.216. The van der Waals surface area contributed by atoms with Crippen LogP contribution < -0.4 is 16.0 Å². The molecule has 1 saturated carbocycles. The summed E-state index contributed by atoms with van der Waals surface area (Å²) in [4.78, 5) is 141. The van der Waals surface area contributed by atoms with E-state index in [1.807, 2.05) is 88.4 Å². The highest BCUT2D eigenvalue weighted by Crippen LogP contribution is 2.31. The third-order valence-corrected chi connectivity index (χ3v) is 16.6. The summed E-state index contributed by atoms with van der Waals surface area (Å²) in [6, 6.07) is 8.36. The first-order valence-electron chi connectivity index (χ1n) is 29.1. The van der Waals surface area contributed by atoms with Gasteiger partial charge >= 0.3 is 5.97 Å². The van der Waals surface area contributed by atoms with E-state index in [9.17, 15) is 29.1 Å². The van der Waals surface area contributed by atoms with Crippen LogP contribution in [-0.2, 0) is 60.7 Å². The van der Waals surface area contributed by atoms with E-state index in [1.54, 1.807) is 27.7 Å². The van der Waals surface area contributed by atoms with Gasteiger partial charge in [-0.25, -0.2) is 4.79 Å². The number of aliphatic hydroxyl groups excluding tert-OH is 1. The number of aliphatic hydroxyl groups is 1.